The third kappa shape index (κ3) is 4.12. The van der Waals surface area contributed by atoms with Gasteiger partial charge in [0, 0.05) is 4.90 Å². The SMILES string of the molecule is C=CC/C(=C(\Sc1ccc(F)cc1)N1CCOC1=O)c1ccccc1. The summed E-state index contributed by atoms with van der Waals surface area (Å²) in [7, 11) is 0. The van der Waals surface area contributed by atoms with Gasteiger partial charge >= 0.3 is 6.09 Å². The average Bonchev–Trinajstić information content (AvgIpc) is 3.06. The quantitative estimate of drug-likeness (QED) is 0.519. The van der Waals surface area contributed by atoms with Gasteiger partial charge in [0.2, 0.25) is 0 Å². The van der Waals surface area contributed by atoms with E-state index in [9.17, 15) is 9.18 Å². The van der Waals surface area contributed by atoms with Gasteiger partial charge in [-0.25, -0.2) is 9.18 Å². The van der Waals surface area contributed by atoms with Crippen LogP contribution in [0.15, 0.2) is 77.2 Å². The number of amides is 1. The molecule has 1 heterocycles. The van der Waals surface area contributed by atoms with E-state index in [4.69, 9.17) is 4.74 Å². The molecular formula is C20H18FNO2S. The lowest BCUT2D eigenvalue weighted by molar-refractivity contribution is 0.165. The second-order valence-corrected chi connectivity index (χ2v) is 6.53. The van der Waals surface area contributed by atoms with Crippen LogP contribution in [0.5, 0.6) is 0 Å². The van der Waals surface area contributed by atoms with Gasteiger partial charge in [-0.2, -0.15) is 0 Å². The number of hydrogen-bond donors (Lipinski definition) is 0. The molecule has 0 unspecified atom stereocenters. The van der Waals surface area contributed by atoms with E-state index in [0.29, 0.717) is 19.6 Å². The van der Waals surface area contributed by atoms with Gasteiger partial charge in [0.25, 0.3) is 0 Å². The van der Waals surface area contributed by atoms with Crippen molar-refractivity contribution in [1.82, 2.24) is 4.90 Å². The Labute approximate surface area is 150 Å². The van der Waals surface area contributed by atoms with Gasteiger partial charge in [-0.05, 0) is 41.8 Å². The van der Waals surface area contributed by atoms with E-state index < -0.39 is 0 Å². The fourth-order valence-electron chi connectivity index (χ4n) is 2.58. The van der Waals surface area contributed by atoms with Crippen LogP contribution in [-0.4, -0.2) is 24.1 Å². The maximum Gasteiger partial charge on any atom is 0.414 e. The van der Waals surface area contributed by atoms with Crippen molar-refractivity contribution in [2.75, 3.05) is 13.2 Å². The first-order valence-corrected chi connectivity index (χ1v) is 8.78. The number of carbonyl (C=O) groups is 1. The molecular weight excluding hydrogens is 337 g/mol. The molecule has 0 spiro atoms. The molecule has 2 aromatic rings. The van der Waals surface area contributed by atoms with Crippen LogP contribution in [-0.2, 0) is 4.74 Å². The van der Waals surface area contributed by atoms with E-state index in [1.165, 1.54) is 23.9 Å². The summed E-state index contributed by atoms with van der Waals surface area (Å²) < 4.78 is 18.3. The molecule has 0 aliphatic carbocycles. The molecule has 3 nitrogen and oxygen atoms in total. The summed E-state index contributed by atoms with van der Waals surface area (Å²) in [6, 6.07) is 16.1. The predicted molar refractivity (Wildman–Crippen MR) is 98.5 cm³/mol. The number of rotatable bonds is 6. The van der Waals surface area contributed by atoms with Crippen molar-refractivity contribution in [3.63, 3.8) is 0 Å². The number of cyclic esters (lactones) is 1. The van der Waals surface area contributed by atoms with Crippen LogP contribution in [0.2, 0.25) is 0 Å². The Hall–Kier alpha value is -2.53. The summed E-state index contributed by atoms with van der Waals surface area (Å²) in [5.74, 6) is -0.287. The molecule has 0 saturated carbocycles. The third-order valence-electron chi connectivity index (χ3n) is 3.76. The first-order chi connectivity index (χ1) is 12.2. The maximum absolute atomic E-state index is 13.2. The molecule has 1 fully saturated rings. The van der Waals surface area contributed by atoms with E-state index in [2.05, 4.69) is 6.58 Å². The summed E-state index contributed by atoms with van der Waals surface area (Å²) in [5.41, 5.74) is 2.01. The zero-order valence-electron chi connectivity index (χ0n) is 13.7. The fraction of sp³-hybridized carbons (Fsp3) is 0.150. The molecule has 128 valence electrons. The molecule has 3 rings (SSSR count). The maximum atomic E-state index is 13.2. The number of benzene rings is 2. The molecule has 1 aliphatic heterocycles. The van der Waals surface area contributed by atoms with Crippen molar-refractivity contribution in [2.45, 2.75) is 11.3 Å². The minimum absolute atomic E-state index is 0.287. The normalized spacial score (nSPS) is 14.9. The van der Waals surface area contributed by atoms with Crippen LogP contribution < -0.4 is 0 Å². The van der Waals surface area contributed by atoms with Crippen LogP contribution in [0.1, 0.15) is 12.0 Å². The lowest BCUT2D eigenvalue weighted by Crippen LogP contribution is -2.23. The summed E-state index contributed by atoms with van der Waals surface area (Å²) >= 11 is 1.43. The minimum Gasteiger partial charge on any atom is -0.447 e. The summed E-state index contributed by atoms with van der Waals surface area (Å²) in [6.07, 6.45) is 2.06. The summed E-state index contributed by atoms with van der Waals surface area (Å²) in [4.78, 5) is 14.7. The molecule has 5 heteroatoms. The molecule has 1 aliphatic rings. The number of nitrogens with zero attached hydrogens (tertiary/aromatic N) is 1. The molecule has 0 bridgehead atoms. The molecule has 1 saturated heterocycles. The zero-order valence-corrected chi connectivity index (χ0v) is 14.5. The van der Waals surface area contributed by atoms with E-state index in [1.54, 1.807) is 17.0 Å². The highest BCUT2D eigenvalue weighted by molar-refractivity contribution is 8.03. The highest BCUT2D eigenvalue weighted by Crippen LogP contribution is 2.38. The van der Waals surface area contributed by atoms with Gasteiger partial charge in [-0.1, -0.05) is 48.2 Å². The first-order valence-electron chi connectivity index (χ1n) is 7.96. The van der Waals surface area contributed by atoms with Crippen molar-refractivity contribution in [2.24, 2.45) is 0 Å². The smallest absolute Gasteiger partial charge is 0.414 e. The van der Waals surface area contributed by atoms with Gasteiger partial charge in [0.1, 0.15) is 12.4 Å². The minimum atomic E-state index is -0.359. The number of halogens is 1. The fourth-order valence-corrected chi connectivity index (χ4v) is 3.68. The number of hydrogen-bond acceptors (Lipinski definition) is 3. The van der Waals surface area contributed by atoms with Crippen LogP contribution in [0, 0.1) is 5.82 Å². The lowest BCUT2D eigenvalue weighted by atomic mass is 10.0. The van der Waals surface area contributed by atoms with E-state index >= 15 is 0 Å². The lowest BCUT2D eigenvalue weighted by Gasteiger charge is -2.21. The van der Waals surface area contributed by atoms with Crippen molar-refractivity contribution in [3.8, 4) is 0 Å². The Morgan fingerprint density at radius 3 is 2.52 bits per heavy atom. The van der Waals surface area contributed by atoms with Crippen molar-refractivity contribution >= 4 is 23.4 Å². The molecule has 0 atom stereocenters. The Bertz CT molecular complexity index is 787. The molecule has 0 radical (unpaired) electrons. The van der Waals surface area contributed by atoms with Gasteiger partial charge < -0.3 is 4.74 Å². The number of ether oxygens (including phenoxy) is 1. The third-order valence-corrected chi connectivity index (χ3v) is 4.93. The number of thioether (sulfide) groups is 1. The standard InChI is InChI=1S/C20H18FNO2S/c1-2-6-18(15-7-4-3-5-8-15)19(22-13-14-24-20(22)23)25-17-11-9-16(21)10-12-17/h2-5,7-12H,1,6,13-14H2/b19-18+. The topological polar surface area (TPSA) is 29.5 Å². The average molecular weight is 355 g/mol. The number of carbonyl (C=O) groups excluding carboxylic acids is 1. The first kappa shape index (κ1) is 17.3. The predicted octanol–water partition coefficient (Wildman–Crippen LogP) is 5.31. The second-order valence-electron chi connectivity index (χ2n) is 5.46. The largest absolute Gasteiger partial charge is 0.447 e. The van der Waals surface area contributed by atoms with E-state index in [0.717, 1.165) is 21.1 Å². The van der Waals surface area contributed by atoms with Gasteiger partial charge in [-0.3, -0.25) is 4.90 Å². The Morgan fingerprint density at radius 1 is 1.20 bits per heavy atom. The molecule has 1 amide bonds. The number of allylic oxidation sites excluding steroid dienone is 2. The molecule has 2 aromatic carbocycles. The molecule has 0 aromatic heterocycles. The summed E-state index contributed by atoms with van der Waals surface area (Å²) in [6.45, 7) is 4.70. The Balaban J connectivity index is 2.08. The zero-order chi connectivity index (χ0) is 17.6. The highest BCUT2D eigenvalue weighted by atomic mass is 32.2. The highest BCUT2D eigenvalue weighted by Gasteiger charge is 2.28. The van der Waals surface area contributed by atoms with Gasteiger partial charge in [-0.15, -0.1) is 6.58 Å². The van der Waals surface area contributed by atoms with Crippen LogP contribution in [0.3, 0.4) is 0 Å². The van der Waals surface area contributed by atoms with Crippen molar-refractivity contribution in [3.05, 3.63) is 83.7 Å². The monoisotopic (exact) mass is 355 g/mol. The van der Waals surface area contributed by atoms with Crippen LogP contribution in [0.25, 0.3) is 5.57 Å². The Morgan fingerprint density at radius 2 is 1.92 bits per heavy atom. The molecule has 0 N–H and O–H groups in total. The Kier molecular flexibility index (Phi) is 5.56. The molecule has 25 heavy (non-hydrogen) atoms. The van der Waals surface area contributed by atoms with Crippen LogP contribution in [0.4, 0.5) is 9.18 Å². The van der Waals surface area contributed by atoms with Crippen LogP contribution >= 0.6 is 11.8 Å². The second kappa shape index (κ2) is 8.03. The van der Waals surface area contributed by atoms with Gasteiger partial charge in [0.15, 0.2) is 0 Å². The van der Waals surface area contributed by atoms with E-state index in [1.807, 2.05) is 36.4 Å². The van der Waals surface area contributed by atoms with Gasteiger partial charge in [0.05, 0.1) is 11.6 Å². The summed E-state index contributed by atoms with van der Waals surface area (Å²) in [5, 5.41) is 0.792. The van der Waals surface area contributed by atoms with Crippen molar-refractivity contribution < 1.29 is 13.9 Å². The van der Waals surface area contributed by atoms with Crippen molar-refractivity contribution in [1.29, 1.82) is 0 Å². The van der Waals surface area contributed by atoms with E-state index in [-0.39, 0.29) is 11.9 Å².